The van der Waals surface area contributed by atoms with E-state index in [1.807, 2.05) is 27.7 Å². The van der Waals surface area contributed by atoms with Crippen LogP contribution in [0.15, 0.2) is 0 Å². The molecule has 0 aromatic rings. The Morgan fingerprint density at radius 1 is 1.11 bits per heavy atom. The van der Waals surface area contributed by atoms with E-state index in [0.29, 0.717) is 39.2 Å². The molecule has 0 atom stereocenters. The minimum Gasteiger partial charge on any atom is -0.383 e. The van der Waals surface area contributed by atoms with E-state index in [2.05, 4.69) is 5.32 Å². The van der Waals surface area contributed by atoms with Gasteiger partial charge in [0.1, 0.15) is 5.78 Å². The quantitative estimate of drug-likeness (QED) is 0.621. The van der Waals surface area contributed by atoms with Crippen LogP contribution < -0.4 is 5.32 Å². The average molecular weight is 277 g/mol. The summed E-state index contributed by atoms with van der Waals surface area (Å²) in [4.78, 5) is 22.5. The summed E-state index contributed by atoms with van der Waals surface area (Å²) >= 11 is 0. The summed E-state index contributed by atoms with van der Waals surface area (Å²) in [6.07, 6.45) is 0.739. The Morgan fingerprint density at radius 3 is 2.21 bits per heavy atom. The lowest BCUT2D eigenvalue weighted by Crippen LogP contribution is -2.27. The fourth-order valence-electron chi connectivity index (χ4n) is 1.11. The van der Waals surface area contributed by atoms with Gasteiger partial charge >= 0.3 is 0 Å². The minimum atomic E-state index is -0.0581. The van der Waals surface area contributed by atoms with Gasteiger partial charge in [0.15, 0.2) is 0 Å². The first kappa shape index (κ1) is 20.4. The van der Waals surface area contributed by atoms with Crippen molar-refractivity contribution in [1.82, 2.24) is 5.32 Å². The molecule has 0 aromatic heterocycles. The Kier molecular flexibility index (Phi) is 16.2. The van der Waals surface area contributed by atoms with Crippen LogP contribution in [0.4, 0.5) is 0 Å². The van der Waals surface area contributed by atoms with Crippen molar-refractivity contribution in [3.05, 3.63) is 0 Å². The van der Waals surface area contributed by atoms with Gasteiger partial charge in [0.2, 0.25) is 5.91 Å². The van der Waals surface area contributed by atoms with Crippen molar-refractivity contribution in [3.63, 3.8) is 0 Å². The van der Waals surface area contributed by atoms with Gasteiger partial charge in [0.25, 0.3) is 0 Å². The van der Waals surface area contributed by atoms with Crippen LogP contribution in [-0.2, 0) is 19.1 Å². The number of hydrogen-bond acceptors (Lipinski definition) is 4. The van der Waals surface area contributed by atoms with E-state index in [0.717, 1.165) is 0 Å². The van der Waals surface area contributed by atoms with E-state index in [1.54, 1.807) is 7.11 Å². The Hall–Kier alpha value is -0.940. The van der Waals surface area contributed by atoms with Crippen LogP contribution in [0.25, 0.3) is 0 Å². The Morgan fingerprint density at radius 2 is 1.68 bits per heavy atom. The number of Topliss-reactive ketones (excluding diaryl/α,β-unsaturated/α-hetero) is 1. The summed E-state index contributed by atoms with van der Waals surface area (Å²) in [6, 6.07) is 0. The molecular formula is C14H31NO4. The topological polar surface area (TPSA) is 64.6 Å². The number of ketones is 1. The van der Waals surface area contributed by atoms with Crippen LogP contribution in [-0.4, -0.2) is 45.2 Å². The average Bonchev–Trinajstić information content (AvgIpc) is 2.40. The molecular weight excluding hydrogens is 246 g/mol. The molecule has 116 valence electrons. The van der Waals surface area contributed by atoms with Crippen molar-refractivity contribution in [1.29, 1.82) is 0 Å². The summed E-state index contributed by atoms with van der Waals surface area (Å²) in [5.41, 5.74) is 0. The van der Waals surface area contributed by atoms with Crippen molar-refractivity contribution in [3.8, 4) is 0 Å². The summed E-state index contributed by atoms with van der Waals surface area (Å²) in [6.45, 7) is 9.50. The highest BCUT2D eigenvalue weighted by Gasteiger charge is 2.06. The lowest BCUT2D eigenvalue weighted by molar-refractivity contribution is -0.123. The SMILES string of the molecule is CC.COCCNC(=O)CCOCCC(=O)C(C)C.[HH]. The molecule has 5 nitrogen and oxygen atoms in total. The molecule has 0 aliphatic carbocycles. The van der Waals surface area contributed by atoms with Gasteiger partial charge in [0.05, 0.1) is 19.8 Å². The molecule has 19 heavy (non-hydrogen) atoms. The molecule has 0 bridgehead atoms. The maximum atomic E-state index is 11.2. The van der Waals surface area contributed by atoms with Gasteiger partial charge in [-0.15, -0.1) is 0 Å². The number of nitrogens with one attached hydrogen (secondary N) is 1. The van der Waals surface area contributed by atoms with Crippen molar-refractivity contribution in [2.45, 2.75) is 40.5 Å². The second-order valence-electron chi connectivity index (χ2n) is 4.08. The second kappa shape index (κ2) is 15.1. The zero-order valence-electron chi connectivity index (χ0n) is 13.0. The lowest BCUT2D eigenvalue weighted by Gasteiger charge is -2.06. The fourth-order valence-corrected chi connectivity index (χ4v) is 1.11. The van der Waals surface area contributed by atoms with Gasteiger partial charge in [-0.2, -0.15) is 0 Å². The maximum Gasteiger partial charge on any atom is 0.222 e. The number of carbonyl (C=O) groups excluding carboxylic acids is 2. The smallest absolute Gasteiger partial charge is 0.222 e. The van der Waals surface area contributed by atoms with E-state index >= 15 is 0 Å². The number of hydrogen-bond donors (Lipinski definition) is 1. The van der Waals surface area contributed by atoms with Crippen LogP contribution in [0.1, 0.15) is 42.0 Å². The van der Waals surface area contributed by atoms with Crippen LogP contribution >= 0.6 is 0 Å². The van der Waals surface area contributed by atoms with Crippen LogP contribution in [0, 0.1) is 5.92 Å². The molecule has 0 saturated heterocycles. The van der Waals surface area contributed by atoms with E-state index in [1.165, 1.54) is 0 Å². The third-order valence-corrected chi connectivity index (χ3v) is 2.24. The molecule has 0 heterocycles. The predicted molar refractivity (Wildman–Crippen MR) is 78.2 cm³/mol. The molecule has 0 saturated carbocycles. The molecule has 1 N–H and O–H groups in total. The zero-order chi connectivity index (χ0) is 15.1. The standard InChI is InChI=1S/C12H23NO4.C2H6.H2/c1-10(2)11(14)4-7-17-8-5-12(15)13-6-9-16-3;1-2;/h10H,4-9H2,1-3H3,(H,13,15);1-2H3;1H. The summed E-state index contributed by atoms with van der Waals surface area (Å²) in [7, 11) is 1.58. The van der Waals surface area contributed by atoms with Crippen molar-refractivity contribution >= 4 is 11.7 Å². The Labute approximate surface area is 118 Å². The number of rotatable bonds is 10. The summed E-state index contributed by atoms with van der Waals surface area (Å²) < 4.78 is 10.0. The van der Waals surface area contributed by atoms with Gasteiger partial charge in [-0.25, -0.2) is 0 Å². The van der Waals surface area contributed by atoms with E-state index < -0.39 is 0 Å². The van der Waals surface area contributed by atoms with Gasteiger partial charge in [-0.3, -0.25) is 9.59 Å². The highest BCUT2D eigenvalue weighted by molar-refractivity contribution is 5.80. The van der Waals surface area contributed by atoms with Gasteiger partial charge in [-0.05, 0) is 0 Å². The van der Waals surface area contributed by atoms with Gasteiger partial charge < -0.3 is 14.8 Å². The largest absolute Gasteiger partial charge is 0.383 e. The number of carbonyl (C=O) groups is 2. The second-order valence-corrected chi connectivity index (χ2v) is 4.08. The molecule has 1 amide bonds. The van der Waals surface area contributed by atoms with Crippen molar-refractivity contribution in [2.75, 3.05) is 33.5 Å². The monoisotopic (exact) mass is 277 g/mol. The molecule has 0 aliphatic heterocycles. The van der Waals surface area contributed by atoms with Crippen LogP contribution in [0.2, 0.25) is 0 Å². The third-order valence-electron chi connectivity index (χ3n) is 2.24. The molecule has 0 fully saturated rings. The third kappa shape index (κ3) is 15.0. The molecule has 0 aromatic carbocycles. The summed E-state index contributed by atoms with van der Waals surface area (Å²) in [5, 5.41) is 2.69. The molecule has 0 unspecified atom stereocenters. The number of amides is 1. The summed E-state index contributed by atoms with van der Waals surface area (Å²) in [5.74, 6) is 0.183. The number of methoxy groups -OCH3 is 1. The maximum absolute atomic E-state index is 11.2. The minimum absolute atomic E-state index is 0. The van der Waals surface area contributed by atoms with Crippen LogP contribution in [0.5, 0.6) is 0 Å². The number of ether oxygens (including phenoxy) is 2. The first-order chi connectivity index (χ1) is 9.07. The zero-order valence-corrected chi connectivity index (χ0v) is 13.0. The highest BCUT2D eigenvalue weighted by atomic mass is 16.5. The van der Waals surface area contributed by atoms with Gasteiger partial charge in [-0.1, -0.05) is 27.7 Å². The van der Waals surface area contributed by atoms with E-state index in [-0.39, 0.29) is 19.0 Å². The fraction of sp³-hybridized carbons (Fsp3) is 0.857. The highest BCUT2D eigenvalue weighted by Crippen LogP contribution is 1.98. The lowest BCUT2D eigenvalue weighted by atomic mass is 10.1. The Bertz CT molecular complexity index is 235. The molecule has 0 aliphatic rings. The molecule has 0 radical (unpaired) electrons. The first-order valence-electron chi connectivity index (χ1n) is 6.94. The molecule has 0 rings (SSSR count). The van der Waals surface area contributed by atoms with Crippen molar-refractivity contribution < 1.29 is 20.5 Å². The van der Waals surface area contributed by atoms with Crippen LogP contribution in [0.3, 0.4) is 0 Å². The van der Waals surface area contributed by atoms with E-state index in [9.17, 15) is 9.59 Å². The first-order valence-corrected chi connectivity index (χ1v) is 6.94. The Balaban J connectivity index is -0.000000916. The molecule has 0 spiro atoms. The van der Waals surface area contributed by atoms with E-state index in [4.69, 9.17) is 9.47 Å². The van der Waals surface area contributed by atoms with Gasteiger partial charge in [0, 0.05) is 33.8 Å². The predicted octanol–water partition coefficient (Wildman–Crippen LogP) is 2.04. The van der Waals surface area contributed by atoms with Crippen molar-refractivity contribution in [2.24, 2.45) is 5.92 Å². The molecule has 5 heteroatoms. The normalized spacial score (nSPS) is 9.79.